The number of Topliss-reactive ketones (excluding diaryl/α,β-unsaturated/α-hetero) is 1. The van der Waals surface area contributed by atoms with E-state index in [9.17, 15) is 18.0 Å². The Morgan fingerprint density at radius 1 is 1.10 bits per heavy atom. The number of hydrogen-bond donors (Lipinski definition) is 0. The minimum Gasteiger partial charge on any atom is -0.741 e. The molecular formula is C12H16F3NO4S. The molecule has 0 fully saturated rings. The summed E-state index contributed by atoms with van der Waals surface area (Å²) in [7, 11) is 0.210. The molecule has 0 bridgehead atoms. The van der Waals surface area contributed by atoms with Crippen LogP contribution in [-0.2, 0) is 10.1 Å². The van der Waals surface area contributed by atoms with Crippen LogP contribution in [0.4, 0.5) is 18.9 Å². The first kappa shape index (κ1) is 19.6. The first-order chi connectivity index (χ1) is 9.16. The molecule has 0 radical (unpaired) electrons. The summed E-state index contributed by atoms with van der Waals surface area (Å²) in [5, 5.41) is 0. The third-order valence-corrected chi connectivity index (χ3v) is 2.90. The molecule has 0 atom stereocenters. The van der Waals surface area contributed by atoms with E-state index in [0.717, 1.165) is 10.0 Å². The normalized spacial score (nSPS) is 12.4. The molecule has 1 aromatic carbocycles. The Labute approximate surface area is 121 Å². The lowest BCUT2D eigenvalue weighted by molar-refractivity contribution is -0.0517. The Morgan fingerprint density at radius 2 is 1.43 bits per heavy atom. The third-order valence-electron chi connectivity index (χ3n) is 2.33. The zero-order valence-electron chi connectivity index (χ0n) is 11.9. The predicted octanol–water partition coefficient (Wildman–Crippen LogP) is 2.14. The fourth-order valence-corrected chi connectivity index (χ4v) is 1.14. The highest BCUT2D eigenvalue weighted by atomic mass is 32.2. The van der Waals surface area contributed by atoms with Crippen LogP contribution in [0.2, 0.25) is 0 Å². The molecule has 0 unspecified atom stereocenters. The summed E-state index contributed by atoms with van der Waals surface area (Å²) in [4.78, 5) is 11.0. The maximum absolute atomic E-state index is 11.0. The minimum absolute atomic E-state index is 0.118. The Bertz CT molecular complexity index is 586. The number of benzene rings is 1. The molecule has 0 amide bonds. The van der Waals surface area contributed by atoms with Gasteiger partial charge in [-0.05, 0) is 31.2 Å². The van der Waals surface area contributed by atoms with Crippen LogP contribution in [0.15, 0.2) is 24.3 Å². The van der Waals surface area contributed by atoms with Gasteiger partial charge in [0.25, 0.3) is 0 Å². The van der Waals surface area contributed by atoms with Gasteiger partial charge in [-0.15, -0.1) is 0 Å². The molecule has 9 heteroatoms. The molecule has 0 aliphatic carbocycles. The fourth-order valence-electron chi connectivity index (χ4n) is 1.14. The van der Waals surface area contributed by atoms with Crippen LogP contribution >= 0.6 is 0 Å². The van der Waals surface area contributed by atoms with Crippen LogP contribution in [0.5, 0.6) is 0 Å². The first-order valence-corrected chi connectivity index (χ1v) is 7.02. The quantitative estimate of drug-likeness (QED) is 0.361. The van der Waals surface area contributed by atoms with E-state index in [1.54, 1.807) is 6.92 Å². The number of alkyl halides is 3. The van der Waals surface area contributed by atoms with Gasteiger partial charge in [-0.1, -0.05) is 0 Å². The van der Waals surface area contributed by atoms with Gasteiger partial charge in [0, 0.05) is 5.56 Å². The van der Waals surface area contributed by atoms with Gasteiger partial charge in [-0.3, -0.25) is 9.28 Å². The van der Waals surface area contributed by atoms with E-state index in [4.69, 9.17) is 13.0 Å². The molecule has 0 saturated carbocycles. The van der Waals surface area contributed by atoms with E-state index >= 15 is 0 Å². The molecule has 0 N–H and O–H groups in total. The van der Waals surface area contributed by atoms with Gasteiger partial charge in [0.2, 0.25) is 0 Å². The molecule has 0 spiro atoms. The number of carbonyl (C=O) groups is 1. The summed E-state index contributed by atoms with van der Waals surface area (Å²) < 4.78 is 59.7. The number of hydrogen-bond acceptors (Lipinski definition) is 4. The molecule has 1 rings (SSSR count). The van der Waals surface area contributed by atoms with E-state index in [-0.39, 0.29) is 5.78 Å². The van der Waals surface area contributed by atoms with Crippen LogP contribution in [0.1, 0.15) is 17.3 Å². The molecule has 0 aliphatic heterocycles. The Balaban J connectivity index is 0.000000433. The van der Waals surface area contributed by atoms with Gasteiger partial charge in [-0.25, -0.2) is 8.42 Å². The van der Waals surface area contributed by atoms with Crippen molar-refractivity contribution in [3.8, 4) is 0 Å². The molecule has 120 valence electrons. The number of nitrogens with zero attached hydrogens (tertiary/aromatic N) is 1. The summed E-state index contributed by atoms with van der Waals surface area (Å²) in [5.41, 5.74) is -3.67. The number of rotatable bonds is 2. The van der Waals surface area contributed by atoms with Gasteiger partial charge in [-0.2, -0.15) is 13.2 Å². The van der Waals surface area contributed by atoms with Crippen LogP contribution in [-0.4, -0.2) is 45.4 Å². The van der Waals surface area contributed by atoms with Gasteiger partial charge in [0.05, 0.1) is 21.1 Å². The topological polar surface area (TPSA) is 74.3 Å². The van der Waals surface area contributed by atoms with E-state index in [1.807, 2.05) is 24.3 Å². The van der Waals surface area contributed by atoms with Crippen molar-refractivity contribution in [1.82, 2.24) is 4.48 Å². The first-order valence-electron chi connectivity index (χ1n) is 5.61. The zero-order valence-corrected chi connectivity index (χ0v) is 12.7. The van der Waals surface area contributed by atoms with Crippen molar-refractivity contribution >= 4 is 21.6 Å². The average Bonchev–Trinajstić information content (AvgIpc) is 2.26. The van der Waals surface area contributed by atoms with E-state index in [1.165, 1.54) is 5.69 Å². The lowest BCUT2D eigenvalue weighted by Gasteiger charge is -2.23. The second-order valence-electron chi connectivity index (χ2n) is 5.02. The second-order valence-corrected chi connectivity index (χ2v) is 6.39. The summed E-state index contributed by atoms with van der Waals surface area (Å²) in [5.74, 6) is 0.118. The smallest absolute Gasteiger partial charge is 0.485 e. The van der Waals surface area contributed by atoms with Crippen molar-refractivity contribution in [3.63, 3.8) is 0 Å². The Kier molecular flexibility index (Phi) is 6.09. The highest BCUT2D eigenvalue weighted by molar-refractivity contribution is 7.86. The summed E-state index contributed by atoms with van der Waals surface area (Å²) in [6, 6.07) is 7.75. The summed E-state index contributed by atoms with van der Waals surface area (Å²) in [6.07, 6.45) is 0. The average molecular weight is 327 g/mol. The molecular weight excluding hydrogens is 311 g/mol. The molecule has 0 heterocycles. The lowest BCUT2D eigenvalue weighted by Crippen LogP contribution is -2.34. The highest BCUT2D eigenvalue weighted by Crippen LogP contribution is 2.20. The lowest BCUT2D eigenvalue weighted by atomic mass is 10.1. The van der Waals surface area contributed by atoms with Gasteiger partial charge < -0.3 is 4.55 Å². The number of ketones is 1. The molecule has 5 nitrogen and oxygen atoms in total. The van der Waals surface area contributed by atoms with Crippen molar-refractivity contribution in [3.05, 3.63) is 29.8 Å². The third kappa shape index (κ3) is 6.69. The van der Waals surface area contributed by atoms with Crippen molar-refractivity contribution in [1.29, 1.82) is 0 Å². The van der Waals surface area contributed by atoms with E-state index < -0.39 is 15.6 Å². The molecule has 0 aliphatic rings. The van der Waals surface area contributed by atoms with Crippen molar-refractivity contribution < 1.29 is 30.9 Å². The molecule has 0 aromatic heterocycles. The van der Waals surface area contributed by atoms with Crippen LogP contribution in [0.25, 0.3) is 0 Å². The maximum atomic E-state index is 11.0. The molecule has 1 aromatic rings. The van der Waals surface area contributed by atoms with Gasteiger partial charge in [0.15, 0.2) is 15.9 Å². The standard InChI is InChI=1S/C11H16NO.CHF3O3S/c1-9(13)10-5-7-11(8-6-10)12(2,3)4;2-1(3,4)8(5,6)7/h5-8H,1-4H3;(H,5,6,7)/q+1;/p-1. The highest BCUT2D eigenvalue weighted by Gasteiger charge is 2.36. The van der Waals surface area contributed by atoms with Crippen LogP contribution in [0.3, 0.4) is 0 Å². The predicted molar refractivity (Wildman–Crippen MR) is 71.8 cm³/mol. The van der Waals surface area contributed by atoms with Crippen LogP contribution < -0.4 is 4.48 Å². The molecule has 0 saturated heterocycles. The monoisotopic (exact) mass is 327 g/mol. The zero-order chi connectivity index (χ0) is 17.1. The Hall–Kier alpha value is -1.45. The largest absolute Gasteiger partial charge is 0.741 e. The fraction of sp³-hybridized carbons (Fsp3) is 0.417. The number of quaternary nitrogens is 1. The Morgan fingerprint density at radius 3 is 1.62 bits per heavy atom. The van der Waals surface area contributed by atoms with Crippen molar-refractivity contribution in [2.45, 2.75) is 12.4 Å². The van der Waals surface area contributed by atoms with Crippen molar-refractivity contribution in [2.75, 3.05) is 21.1 Å². The van der Waals surface area contributed by atoms with Gasteiger partial charge >= 0.3 is 5.51 Å². The minimum atomic E-state index is -6.09. The number of carbonyl (C=O) groups excluding carboxylic acids is 1. The van der Waals surface area contributed by atoms with Gasteiger partial charge in [0.1, 0.15) is 5.69 Å². The summed E-state index contributed by atoms with van der Waals surface area (Å²) in [6.45, 7) is 1.58. The second kappa shape index (κ2) is 6.54. The maximum Gasteiger partial charge on any atom is 0.485 e. The van der Waals surface area contributed by atoms with Crippen molar-refractivity contribution in [2.24, 2.45) is 0 Å². The SMILES string of the molecule is CC(=O)c1ccc([N+](C)(C)C)cc1.O=S(=O)([O-])C(F)(F)F. The molecule has 21 heavy (non-hydrogen) atoms. The number of halogens is 3. The van der Waals surface area contributed by atoms with E-state index in [2.05, 4.69) is 21.1 Å². The van der Waals surface area contributed by atoms with Crippen LogP contribution in [0, 0.1) is 0 Å². The van der Waals surface area contributed by atoms with E-state index in [0.29, 0.717) is 0 Å². The summed E-state index contributed by atoms with van der Waals surface area (Å²) >= 11 is 0.